The summed E-state index contributed by atoms with van der Waals surface area (Å²) in [6.07, 6.45) is 0. The molecule has 20 heavy (non-hydrogen) atoms. The topological polar surface area (TPSA) is 81.7 Å². The van der Waals surface area contributed by atoms with Crippen molar-refractivity contribution in [3.05, 3.63) is 0 Å². The summed E-state index contributed by atoms with van der Waals surface area (Å²) in [6, 6.07) is 0. The predicted octanol–water partition coefficient (Wildman–Crippen LogP) is 0.151. The molecule has 120 valence electrons. The number of ether oxygens (including phenoxy) is 7. The highest BCUT2D eigenvalue weighted by Gasteiger charge is 1.94. The lowest BCUT2D eigenvalue weighted by atomic mass is 10.5. The van der Waals surface area contributed by atoms with Crippen LogP contribution in [0.3, 0.4) is 0 Å². The molecule has 0 aromatic rings. The molecule has 2 aliphatic rings. The Morgan fingerprint density at radius 3 is 1.70 bits per heavy atom. The van der Waals surface area contributed by atoms with Gasteiger partial charge in [-0.25, -0.2) is 0 Å². The van der Waals surface area contributed by atoms with E-state index in [-0.39, 0.29) is 12.4 Å². The van der Waals surface area contributed by atoms with E-state index >= 15 is 0 Å². The summed E-state index contributed by atoms with van der Waals surface area (Å²) in [6.45, 7) is 5.92. The van der Waals surface area contributed by atoms with Gasteiger partial charge < -0.3 is 33.2 Å². The van der Waals surface area contributed by atoms with E-state index in [9.17, 15) is 4.79 Å². The lowest BCUT2D eigenvalue weighted by molar-refractivity contribution is -0.247. The smallest absolute Gasteiger partial charge is 0.155 e. The number of hydrogen-bond acceptors (Lipinski definition) is 8. The molecule has 0 atom stereocenters. The highest BCUT2D eigenvalue weighted by atomic mass is 16.8. The van der Waals surface area contributed by atoms with E-state index in [0.29, 0.717) is 40.4 Å². The first-order valence-corrected chi connectivity index (χ1v) is 6.22. The molecule has 8 heteroatoms. The zero-order chi connectivity index (χ0) is 14.9. The van der Waals surface area contributed by atoms with Crippen molar-refractivity contribution in [1.29, 1.82) is 0 Å². The second-order valence-electron chi connectivity index (χ2n) is 3.65. The summed E-state index contributed by atoms with van der Waals surface area (Å²) in [4.78, 5) is 10.2. The maximum absolute atomic E-state index is 10.2. The third-order valence-corrected chi connectivity index (χ3v) is 1.78. The third-order valence-electron chi connectivity index (χ3n) is 1.78. The first-order valence-electron chi connectivity index (χ1n) is 6.22. The molecule has 2 rings (SSSR count). The average Bonchev–Trinajstić information content (AvgIpc) is 3.05. The molecule has 0 aromatic heterocycles. The molecule has 0 unspecified atom stereocenters. The quantitative estimate of drug-likeness (QED) is 0.663. The molecule has 0 bridgehead atoms. The fourth-order valence-corrected chi connectivity index (χ4v) is 0.932. The van der Waals surface area contributed by atoms with E-state index in [0.717, 1.165) is 13.2 Å². The van der Waals surface area contributed by atoms with Crippen LogP contribution in [-0.4, -0.2) is 73.1 Å². The van der Waals surface area contributed by atoms with Gasteiger partial charge in [0.2, 0.25) is 0 Å². The summed E-state index contributed by atoms with van der Waals surface area (Å²) >= 11 is 0. The first-order chi connectivity index (χ1) is 9.77. The number of rotatable bonds is 5. The summed E-state index contributed by atoms with van der Waals surface area (Å²) in [5.41, 5.74) is 0. The van der Waals surface area contributed by atoms with Crippen LogP contribution in [-0.2, 0) is 38.0 Å². The van der Waals surface area contributed by atoms with Crippen LogP contribution in [0.1, 0.15) is 6.92 Å². The molecule has 2 saturated heterocycles. The minimum atomic E-state index is 0.0473. The van der Waals surface area contributed by atoms with Gasteiger partial charge in [0.05, 0.1) is 26.4 Å². The van der Waals surface area contributed by atoms with E-state index in [1.807, 2.05) is 0 Å². The van der Waals surface area contributed by atoms with Crippen molar-refractivity contribution in [2.75, 3.05) is 67.3 Å². The van der Waals surface area contributed by atoms with Gasteiger partial charge in [-0.3, -0.25) is 4.79 Å². The minimum Gasteiger partial charge on any atom is -0.382 e. The van der Waals surface area contributed by atoms with Crippen LogP contribution < -0.4 is 0 Å². The largest absolute Gasteiger partial charge is 0.382 e. The maximum atomic E-state index is 10.2. The second-order valence-corrected chi connectivity index (χ2v) is 3.65. The van der Waals surface area contributed by atoms with Crippen LogP contribution in [0.25, 0.3) is 0 Å². The molecule has 0 radical (unpaired) electrons. The summed E-state index contributed by atoms with van der Waals surface area (Å²) < 4.78 is 32.9. The van der Waals surface area contributed by atoms with E-state index in [4.69, 9.17) is 14.2 Å². The third kappa shape index (κ3) is 17.4. The van der Waals surface area contributed by atoms with Crippen molar-refractivity contribution in [2.45, 2.75) is 6.92 Å². The Labute approximate surface area is 119 Å². The van der Waals surface area contributed by atoms with E-state index < -0.39 is 0 Å². The van der Waals surface area contributed by atoms with Gasteiger partial charge in [-0.2, -0.15) is 0 Å². The molecule has 2 fully saturated rings. The van der Waals surface area contributed by atoms with Crippen molar-refractivity contribution in [1.82, 2.24) is 0 Å². The van der Waals surface area contributed by atoms with Crippen LogP contribution in [0, 0.1) is 0 Å². The second kappa shape index (κ2) is 16.4. The predicted molar refractivity (Wildman–Crippen MR) is 68.0 cm³/mol. The van der Waals surface area contributed by atoms with Gasteiger partial charge in [-0.1, -0.05) is 0 Å². The molecular weight excluding hydrogens is 272 g/mol. The van der Waals surface area contributed by atoms with Crippen LogP contribution >= 0.6 is 0 Å². The average molecular weight is 296 g/mol. The van der Waals surface area contributed by atoms with Crippen molar-refractivity contribution in [3.8, 4) is 0 Å². The van der Waals surface area contributed by atoms with Crippen LogP contribution in [0.4, 0.5) is 0 Å². The molecule has 2 aliphatic heterocycles. The van der Waals surface area contributed by atoms with E-state index in [1.54, 1.807) is 7.11 Å². The standard InChI is InChI=1S/C6H12O3.C3H6O3.C3H6O2/c1-6(7)5-9-4-3-8-2;1-4-2-6-3-5-1;1-2-5-3-4-1/h3-5H2,1-2H3;1-3H2;1-3H2. The first kappa shape index (κ1) is 19.4. The van der Waals surface area contributed by atoms with E-state index in [2.05, 4.69) is 18.9 Å². The number of carbonyl (C=O) groups excluding carboxylic acids is 1. The fourth-order valence-electron chi connectivity index (χ4n) is 0.932. The molecule has 0 aromatic carbocycles. The van der Waals surface area contributed by atoms with Gasteiger partial charge in [0, 0.05) is 7.11 Å². The fraction of sp³-hybridized carbons (Fsp3) is 0.917. The van der Waals surface area contributed by atoms with E-state index in [1.165, 1.54) is 6.92 Å². The Kier molecular flexibility index (Phi) is 15.9. The Bertz CT molecular complexity index is 185. The zero-order valence-electron chi connectivity index (χ0n) is 12.1. The van der Waals surface area contributed by atoms with Gasteiger partial charge in [-0.05, 0) is 6.92 Å². The van der Waals surface area contributed by atoms with Gasteiger partial charge in [0.1, 0.15) is 13.4 Å². The van der Waals surface area contributed by atoms with Crippen molar-refractivity contribution in [3.63, 3.8) is 0 Å². The molecule has 0 aliphatic carbocycles. The lowest BCUT2D eigenvalue weighted by Crippen LogP contribution is -2.14. The molecule has 0 saturated carbocycles. The van der Waals surface area contributed by atoms with Crippen LogP contribution in [0.2, 0.25) is 0 Å². The number of ketones is 1. The van der Waals surface area contributed by atoms with Crippen LogP contribution in [0.15, 0.2) is 0 Å². The van der Waals surface area contributed by atoms with Gasteiger partial charge in [0.25, 0.3) is 0 Å². The number of hydrogen-bond donors (Lipinski definition) is 0. The lowest BCUT2D eigenvalue weighted by Gasteiger charge is -2.10. The van der Waals surface area contributed by atoms with Crippen molar-refractivity contribution in [2.24, 2.45) is 0 Å². The molecule has 2 heterocycles. The van der Waals surface area contributed by atoms with Crippen molar-refractivity contribution >= 4 is 5.78 Å². The minimum absolute atomic E-state index is 0.0473. The normalized spacial score (nSPS) is 17.5. The summed E-state index contributed by atoms with van der Waals surface area (Å²) in [5.74, 6) is 0.0473. The van der Waals surface area contributed by atoms with Gasteiger partial charge in [0.15, 0.2) is 26.2 Å². The number of Topliss-reactive ketones (excluding diaryl/α,β-unsaturated/α-hetero) is 1. The maximum Gasteiger partial charge on any atom is 0.155 e. The van der Waals surface area contributed by atoms with Gasteiger partial charge in [-0.15, -0.1) is 0 Å². The SMILES string of the molecule is C1COCO1.C1OCOCO1.COCCOCC(C)=O. The molecule has 0 spiro atoms. The monoisotopic (exact) mass is 296 g/mol. The Morgan fingerprint density at radius 1 is 0.900 bits per heavy atom. The Hall–Kier alpha value is -0.610. The highest BCUT2D eigenvalue weighted by molar-refractivity contribution is 5.76. The number of methoxy groups -OCH3 is 1. The molecule has 8 nitrogen and oxygen atoms in total. The van der Waals surface area contributed by atoms with Crippen molar-refractivity contribution < 1.29 is 38.0 Å². The van der Waals surface area contributed by atoms with Crippen LogP contribution in [0.5, 0.6) is 0 Å². The summed E-state index contributed by atoms with van der Waals surface area (Å²) in [5, 5.41) is 0. The molecule has 0 N–H and O–H groups in total. The Balaban J connectivity index is 0.000000283. The molecule has 0 amide bonds. The Morgan fingerprint density at radius 2 is 1.40 bits per heavy atom. The molecular formula is C12H24O8. The number of carbonyl (C=O) groups is 1. The van der Waals surface area contributed by atoms with Gasteiger partial charge >= 0.3 is 0 Å². The highest BCUT2D eigenvalue weighted by Crippen LogP contribution is 1.87. The summed E-state index contributed by atoms with van der Waals surface area (Å²) in [7, 11) is 1.59. The zero-order valence-corrected chi connectivity index (χ0v) is 12.1.